The Balaban J connectivity index is 2.18. The van der Waals surface area contributed by atoms with Crippen molar-refractivity contribution in [2.45, 2.75) is 38.2 Å². The molecule has 2 aromatic rings. The summed E-state index contributed by atoms with van der Waals surface area (Å²) in [5.41, 5.74) is 3.50. The minimum atomic E-state index is -0.515. The van der Waals surface area contributed by atoms with Crippen molar-refractivity contribution in [2.24, 2.45) is 0 Å². The Morgan fingerprint density at radius 1 is 1.12 bits per heavy atom. The van der Waals surface area contributed by atoms with E-state index >= 15 is 0 Å². The van der Waals surface area contributed by atoms with Gasteiger partial charge in [0.25, 0.3) is 0 Å². The number of carbonyl (C=O) groups is 1. The highest BCUT2D eigenvalue weighted by atomic mass is 32.2. The van der Waals surface area contributed by atoms with Gasteiger partial charge in [-0.2, -0.15) is 0 Å². The van der Waals surface area contributed by atoms with Crippen molar-refractivity contribution < 1.29 is 13.7 Å². The minimum Gasteiger partial charge on any atom is -0.444 e. The van der Waals surface area contributed by atoms with Gasteiger partial charge in [0.1, 0.15) is 5.60 Å². The quantitative estimate of drug-likeness (QED) is 0.726. The van der Waals surface area contributed by atoms with E-state index < -0.39 is 11.7 Å². The lowest BCUT2D eigenvalue weighted by molar-refractivity contribution is 0.0636. The van der Waals surface area contributed by atoms with E-state index in [9.17, 15) is 4.79 Å². The Morgan fingerprint density at radius 2 is 1.88 bits per heavy atom. The number of ether oxygens (including phenoxy) is 1. The fraction of sp³-hybridized carbons (Fsp3) is 0.316. The predicted molar refractivity (Wildman–Crippen MR) is 99.3 cm³/mol. The molecule has 1 amide bonds. The van der Waals surface area contributed by atoms with Crippen LogP contribution >= 0.6 is 12.0 Å². The molecule has 128 valence electrons. The highest BCUT2D eigenvalue weighted by Crippen LogP contribution is 2.29. The molecule has 0 fully saturated rings. The van der Waals surface area contributed by atoms with Crippen LogP contribution in [0.25, 0.3) is 11.1 Å². The highest BCUT2D eigenvalue weighted by molar-refractivity contribution is 7.94. The topological polar surface area (TPSA) is 47.6 Å². The second-order valence-electron chi connectivity index (χ2n) is 6.43. The van der Waals surface area contributed by atoms with Crippen LogP contribution in [0.4, 0.5) is 10.5 Å². The van der Waals surface area contributed by atoms with Gasteiger partial charge in [-0.15, -0.1) is 0 Å². The number of hydrogen-bond acceptors (Lipinski definition) is 4. The third-order valence-corrected chi connectivity index (χ3v) is 3.81. The molecule has 0 aliphatic rings. The van der Waals surface area contributed by atoms with E-state index in [1.807, 2.05) is 58.0 Å². The first kappa shape index (κ1) is 18.4. The molecule has 0 radical (unpaired) electrons. The number of nitrogens with one attached hydrogen (secondary N) is 1. The minimum absolute atomic E-state index is 0.451. The summed E-state index contributed by atoms with van der Waals surface area (Å²) in [4.78, 5) is 12.9. The van der Waals surface area contributed by atoms with Crippen LogP contribution in [-0.4, -0.2) is 18.8 Å². The van der Waals surface area contributed by atoms with Crippen molar-refractivity contribution in [1.29, 1.82) is 0 Å². The molecule has 0 aromatic heterocycles. The summed E-state index contributed by atoms with van der Waals surface area (Å²) in [6, 6.07) is 14.0. The lowest BCUT2D eigenvalue weighted by Gasteiger charge is -2.20. The number of rotatable bonds is 4. The third-order valence-electron chi connectivity index (χ3n) is 3.20. The van der Waals surface area contributed by atoms with E-state index in [0.29, 0.717) is 5.69 Å². The Bertz CT molecular complexity index is 723. The van der Waals surface area contributed by atoms with Crippen molar-refractivity contribution in [3.05, 3.63) is 48.0 Å². The molecular formula is C19H23NO3S. The lowest BCUT2D eigenvalue weighted by atomic mass is 10.00. The maximum atomic E-state index is 11.9. The second kappa shape index (κ2) is 7.73. The Labute approximate surface area is 147 Å². The fourth-order valence-corrected chi connectivity index (χ4v) is 2.80. The summed E-state index contributed by atoms with van der Waals surface area (Å²) in [6.07, 6.45) is -0.451. The Morgan fingerprint density at radius 3 is 2.50 bits per heavy atom. The first-order valence-electron chi connectivity index (χ1n) is 7.70. The van der Waals surface area contributed by atoms with Crippen molar-refractivity contribution in [3.8, 4) is 11.1 Å². The van der Waals surface area contributed by atoms with Crippen LogP contribution in [-0.2, 0) is 8.92 Å². The first-order valence-corrected chi connectivity index (χ1v) is 8.44. The van der Waals surface area contributed by atoms with Crippen molar-refractivity contribution in [3.63, 3.8) is 0 Å². The van der Waals surface area contributed by atoms with E-state index in [-0.39, 0.29) is 0 Å². The van der Waals surface area contributed by atoms with Gasteiger partial charge in [-0.25, -0.2) is 4.79 Å². The zero-order valence-electron chi connectivity index (χ0n) is 14.7. The zero-order chi connectivity index (χ0) is 17.7. The molecule has 0 bridgehead atoms. The first-order chi connectivity index (χ1) is 11.3. The molecule has 0 atom stereocenters. The van der Waals surface area contributed by atoms with Gasteiger partial charge in [-0.3, -0.25) is 5.32 Å². The normalized spacial score (nSPS) is 11.2. The molecule has 1 N–H and O–H groups in total. The van der Waals surface area contributed by atoms with E-state index in [1.54, 1.807) is 7.11 Å². The molecule has 2 aromatic carbocycles. The lowest BCUT2D eigenvalue weighted by Crippen LogP contribution is -2.27. The molecule has 0 saturated heterocycles. The summed E-state index contributed by atoms with van der Waals surface area (Å²) in [7, 11) is 1.65. The van der Waals surface area contributed by atoms with Crippen LogP contribution in [0.15, 0.2) is 47.4 Å². The van der Waals surface area contributed by atoms with Crippen LogP contribution in [0.1, 0.15) is 26.3 Å². The average Bonchev–Trinajstić information content (AvgIpc) is 2.46. The smallest absolute Gasteiger partial charge is 0.412 e. The van der Waals surface area contributed by atoms with Crippen LogP contribution in [0.2, 0.25) is 0 Å². The van der Waals surface area contributed by atoms with Gasteiger partial charge in [0.05, 0.1) is 7.11 Å². The molecule has 0 saturated carbocycles. The fourth-order valence-electron chi connectivity index (χ4n) is 2.30. The Hall–Kier alpha value is -1.98. The molecule has 0 spiro atoms. The zero-order valence-corrected chi connectivity index (χ0v) is 15.5. The van der Waals surface area contributed by atoms with E-state index in [0.717, 1.165) is 21.6 Å². The van der Waals surface area contributed by atoms with E-state index in [4.69, 9.17) is 8.92 Å². The van der Waals surface area contributed by atoms with Crippen LogP contribution in [0.3, 0.4) is 0 Å². The molecule has 2 rings (SSSR count). The highest BCUT2D eigenvalue weighted by Gasteiger charge is 2.16. The second-order valence-corrected chi connectivity index (χ2v) is 7.41. The molecular weight excluding hydrogens is 322 g/mol. The molecule has 4 nitrogen and oxygen atoms in total. The summed E-state index contributed by atoms with van der Waals surface area (Å²) < 4.78 is 10.4. The standard InChI is InChI=1S/C19H23NO3S/c1-13-11-15(20-18(21)23-19(2,3)4)9-10-17(13)14-7-6-8-16(12-14)24-22-5/h6-12H,1-5H3,(H,20,21). The van der Waals surface area contributed by atoms with E-state index in [1.165, 1.54) is 12.0 Å². The number of carbonyl (C=O) groups excluding carboxylic acids is 1. The summed E-state index contributed by atoms with van der Waals surface area (Å²) in [5.74, 6) is 0. The van der Waals surface area contributed by atoms with Gasteiger partial charge in [-0.05, 0) is 68.7 Å². The van der Waals surface area contributed by atoms with Gasteiger partial charge < -0.3 is 8.92 Å². The van der Waals surface area contributed by atoms with E-state index in [2.05, 4.69) is 17.4 Å². The summed E-state index contributed by atoms with van der Waals surface area (Å²) in [5, 5.41) is 2.76. The summed E-state index contributed by atoms with van der Waals surface area (Å²) in [6.45, 7) is 7.54. The molecule has 24 heavy (non-hydrogen) atoms. The van der Waals surface area contributed by atoms with Gasteiger partial charge in [0.15, 0.2) is 0 Å². The number of aryl methyl sites for hydroxylation is 1. The van der Waals surface area contributed by atoms with Crippen LogP contribution in [0, 0.1) is 6.92 Å². The third kappa shape index (κ3) is 5.28. The van der Waals surface area contributed by atoms with Crippen molar-refractivity contribution >= 4 is 23.8 Å². The molecule has 0 aliphatic carbocycles. The number of anilines is 1. The SMILES string of the molecule is COSc1cccc(-c2ccc(NC(=O)OC(C)(C)C)cc2C)c1. The largest absolute Gasteiger partial charge is 0.444 e. The molecule has 5 heteroatoms. The monoisotopic (exact) mass is 345 g/mol. The maximum Gasteiger partial charge on any atom is 0.412 e. The number of hydrogen-bond donors (Lipinski definition) is 1. The summed E-state index contributed by atoms with van der Waals surface area (Å²) >= 11 is 1.33. The van der Waals surface area contributed by atoms with Crippen LogP contribution in [0.5, 0.6) is 0 Å². The van der Waals surface area contributed by atoms with Gasteiger partial charge >= 0.3 is 6.09 Å². The van der Waals surface area contributed by atoms with Gasteiger partial charge in [0, 0.05) is 22.6 Å². The number of benzene rings is 2. The number of amides is 1. The molecule has 0 heterocycles. The van der Waals surface area contributed by atoms with Crippen molar-refractivity contribution in [2.75, 3.05) is 12.4 Å². The van der Waals surface area contributed by atoms with Crippen molar-refractivity contribution in [1.82, 2.24) is 0 Å². The Kier molecular flexibility index (Phi) is 5.91. The predicted octanol–water partition coefficient (Wildman–Crippen LogP) is 5.66. The van der Waals surface area contributed by atoms with Crippen LogP contribution < -0.4 is 5.32 Å². The van der Waals surface area contributed by atoms with Gasteiger partial charge in [0.2, 0.25) is 0 Å². The van der Waals surface area contributed by atoms with Gasteiger partial charge in [-0.1, -0.05) is 18.2 Å². The average molecular weight is 345 g/mol. The molecule has 0 aliphatic heterocycles. The molecule has 0 unspecified atom stereocenters. The maximum absolute atomic E-state index is 11.9.